The largest absolute Gasteiger partial charge is 0.497 e. The lowest BCUT2D eigenvalue weighted by Crippen LogP contribution is -2.57. The first-order valence-corrected chi connectivity index (χ1v) is 19.7. The fraction of sp³-hybridized carbons (Fsp3) is 0.304. The second kappa shape index (κ2) is 16.8. The highest BCUT2D eigenvalue weighted by molar-refractivity contribution is 5.98. The van der Waals surface area contributed by atoms with E-state index >= 15 is 0 Å². The normalized spacial score (nSPS) is 23.6. The molecular formula is C46H47N5O6. The Morgan fingerprint density at radius 3 is 2.40 bits per heavy atom. The summed E-state index contributed by atoms with van der Waals surface area (Å²) in [7, 11) is 1.62. The maximum absolute atomic E-state index is 14.8. The van der Waals surface area contributed by atoms with Crippen LogP contribution < -0.4 is 30.4 Å². The summed E-state index contributed by atoms with van der Waals surface area (Å²) in [5, 5.41) is 7.36. The van der Waals surface area contributed by atoms with Crippen LogP contribution >= 0.6 is 0 Å². The second-order valence-electron chi connectivity index (χ2n) is 15.0. The number of hydrogen-bond acceptors (Lipinski definition) is 8. The predicted octanol–water partition coefficient (Wildman–Crippen LogP) is 7.24. The first kappa shape index (κ1) is 37.6. The van der Waals surface area contributed by atoms with Crippen molar-refractivity contribution in [1.29, 1.82) is 0 Å². The van der Waals surface area contributed by atoms with Gasteiger partial charge in [0.15, 0.2) is 5.75 Å². The summed E-state index contributed by atoms with van der Waals surface area (Å²) >= 11 is 0. The van der Waals surface area contributed by atoms with E-state index in [2.05, 4.69) is 22.2 Å². The number of hydrogen-bond donors (Lipinski definition) is 3. The van der Waals surface area contributed by atoms with Gasteiger partial charge in [0, 0.05) is 41.1 Å². The van der Waals surface area contributed by atoms with Crippen molar-refractivity contribution in [3.05, 3.63) is 127 Å². The molecule has 292 valence electrons. The molecule has 11 nitrogen and oxygen atoms in total. The van der Waals surface area contributed by atoms with Crippen molar-refractivity contribution in [3.8, 4) is 28.5 Å². The number of benzene rings is 4. The number of nitrogens with zero attached hydrogens (tertiary/aromatic N) is 2. The van der Waals surface area contributed by atoms with Crippen LogP contribution in [0.25, 0.3) is 22.2 Å². The Morgan fingerprint density at radius 2 is 1.63 bits per heavy atom. The lowest BCUT2D eigenvalue weighted by molar-refractivity contribution is -0.141. The van der Waals surface area contributed by atoms with Crippen LogP contribution in [-0.4, -0.2) is 65.0 Å². The number of carbonyl (C=O) groups excluding carboxylic acids is 3. The van der Waals surface area contributed by atoms with E-state index in [-0.39, 0.29) is 24.8 Å². The van der Waals surface area contributed by atoms with Gasteiger partial charge in [-0.05, 0) is 62.1 Å². The molecule has 0 bridgehead atoms. The number of anilines is 1. The third-order valence-corrected chi connectivity index (χ3v) is 11.1. The highest BCUT2D eigenvalue weighted by atomic mass is 16.7. The summed E-state index contributed by atoms with van der Waals surface area (Å²) in [6, 6.07) is 34.6. The molecule has 0 radical (unpaired) electrons. The lowest BCUT2D eigenvalue weighted by atomic mass is 10.0. The van der Waals surface area contributed by atoms with Gasteiger partial charge in [0.2, 0.25) is 11.8 Å². The molecule has 3 amide bonds. The molecule has 3 N–H and O–H groups in total. The number of ether oxygens (including phenoxy) is 2. The average Bonchev–Trinajstić information content (AvgIpc) is 3.78. The number of amides is 3. The zero-order chi connectivity index (χ0) is 39.2. The number of pyridine rings is 1. The van der Waals surface area contributed by atoms with E-state index < -0.39 is 35.5 Å². The van der Waals surface area contributed by atoms with Crippen molar-refractivity contribution in [3.63, 3.8) is 0 Å². The van der Waals surface area contributed by atoms with Gasteiger partial charge in [-0.25, -0.2) is 4.98 Å². The Labute approximate surface area is 332 Å². The monoisotopic (exact) mass is 765 g/mol. The first-order valence-electron chi connectivity index (χ1n) is 19.7. The third-order valence-electron chi connectivity index (χ3n) is 11.1. The Bertz CT molecular complexity index is 2240. The summed E-state index contributed by atoms with van der Waals surface area (Å²) in [6.45, 7) is 0.171. The molecule has 1 saturated heterocycles. The summed E-state index contributed by atoms with van der Waals surface area (Å²) in [6.07, 6.45) is 8.34. The van der Waals surface area contributed by atoms with E-state index in [4.69, 9.17) is 19.3 Å². The minimum atomic E-state index is -1.23. The fourth-order valence-corrected chi connectivity index (χ4v) is 7.92. The maximum atomic E-state index is 14.8. The summed E-state index contributed by atoms with van der Waals surface area (Å²) in [4.78, 5) is 55.6. The van der Waals surface area contributed by atoms with Crippen LogP contribution in [0.5, 0.6) is 17.2 Å². The molecule has 8 rings (SSSR count). The number of hydroxylamine groups is 1. The number of carbonyl (C=O) groups is 3. The molecule has 1 aromatic heterocycles. The number of allylic oxidation sites excluding steroid dienone is 1. The quantitative estimate of drug-likeness (QED) is 0.106. The molecule has 3 aliphatic rings. The van der Waals surface area contributed by atoms with E-state index in [0.717, 1.165) is 48.0 Å². The second-order valence-corrected chi connectivity index (χ2v) is 15.0. The highest BCUT2D eigenvalue weighted by Crippen LogP contribution is 2.46. The maximum Gasteiger partial charge on any atom is 0.278 e. The van der Waals surface area contributed by atoms with Crippen molar-refractivity contribution >= 4 is 34.3 Å². The van der Waals surface area contributed by atoms with Gasteiger partial charge < -0.3 is 29.8 Å². The molecule has 1 saturated carbocycles. The predicted molar refractivity (Wildman–Crippen MR) is 219 cm³/mol. The van der Waals surface area contributed by atoms with Crippen LogP contribution in [0, 0.1) is 5.92 Å². The fourth-order valence-electron chi connectivity index (χ4n) is 7.92. The van der Waals surface area contributed by atoms with Gasteiger partial charge in [-0.3, -0.25) is 14.4 Å². The Kier molecular flexibility index (Phi) is 11.1. The van der Waals surface area contributed by atoms with Crippen LogP contribution in [0.4, 0.5) is 5.69 Å². The molecule has 4 aromatic carbocycles. The number of rotatable bonds is 9. The highest BCUT2D eigenvalue weighted by Gasteiger charge is 2.61. The number of fused-ring (bicyclic) bond motifs is 3. The average molecular weight is 766 g/mol. The van der Waals surface area contributed by atoms with Crippen LogP contribution in [0.1, 0.15) is 44.9 Å². The van der Waals surface area contributed by atoms with Crippen molar-refractivity contribution in [2.75, 3.05) is 19.0 Å². The number of nitrogens with one attached hydrogen (secondary N) is 3. The Balaban J connectivity index is 1.12. The van der Waals surface area contributed by atoms with Gasteiger partial charge in [0.05, 0.1) is 24.9 Å². The van der Waals surface area contributed by atoms with E-state index in [1.54, 1.807) is 24.1 Å². The van der Waals surface area contributed by atoms with Gasteiger partial charge >= 0.3 is 0 Å². The molecule has 5 atom stereocenters. The zero-order valence-electron chi connectivity index (χ0n) is 31.9. The van der Waals surface area contributed by atoms with E-state index in [1.165, 1.54) is 0 Å². The van der Waals surface area contributed by atoms with Crippen LogP contribution in [-0.2, 0) is 14.4 Å². The Hall–Kier alpha value is -6.36. The molecule has 0 spiro atoms. The molecule has 57 heavy (non-hydrogen) atoms. The summed E-state index contributed by atoms with van der Waals surface area (Å²) in [5.41, 5.74) is 4.51. The SMILES string of the molecule is COc1ccc2c(O[C@@H]3C[C@H]4C(=O)N[C@]5(C(=O)NOc6ccccc6)C[C@H]5C=CCCCCC[C@H](Nc5ccccc5)C(=O)N4C3)cc(-c3ccccc3)nc2c1. The van der Waals surface area contributed by atoms with Crippen LogP contribution in [0.2, 0.25) is 0 Å². The smallest absolute Gasteiger partial charge is 0.278 e. The molecular weight excluding hydrogens is 719 g/mol. The summed E-state index contributed by atoms with van der Waals surface area (Å²) < 4.78 is 12.4. The Morgan fingerprint density at radius 1 is 0.877 bits per heavy atom. The summed E-state index contributed by atoms with van der Waals surface area (Å²) in [5.74, 6) is 0.444. The van der Waals surface area contributed by atoms with Crippen molar-refractivity contribution < 1.29 is 28.7 Å². The third kappa shape index (κ3) is 8.42. The minimum Gasteiger partial charge on any atom is -0.497 e. The standard InChI is InChI=1S/C46H47N5O6/c1-55-35-24-25-37-40(26-35)48-39(31-16-8-5-9-17-31)28-42(37)56-36-27-41-43(52)49-46(45(54)50-57-34-21-13-7-14-22-34)29-32(46)18-10-3-2-4-15-23-38(44(53)51(41)30-36)47-33-19-11-6-12-20-33/h5-14,16-22,24-26,28,32,36,38,41,47H,2-4,15,23,27,29-30H2,1H3,(H,49,52)(H,50,54)/t32-,36-,38+,41+,46-/m1/s1. The number of para-hydroxylation sites is 2. The van der Waals surface area contributed by atoms with Gasteiger partial charge in [0.1, 0.15) is 35.2 Å². The van der Waals surface area contributed by atoms with Crippen molar-refractivity contribution in [2.24, 2.45) is 5.92 Å². The van der Waals surface area contributed by atoms with E-state index in [1.807, 2.05) is 109 Å². The lowest BCUT2D eigenvalue weighted by Gasteiger charge is -2.30. The molecule has 2 fully saturated rings. The van der Waals surface area contributed by atoms with E-state index in [9.17, 15) is 14.4 Å². The number of methoxy groups -OCH3 is 1. The van der Waals surface area contributed by atoms with Gasteiger partial charge in [-0.2, -0.15) is 5.48 Å². The molecule has 1 aliphatic carbocycles. The topological polar surface area (TPSA) is 131 Å². The van der Waals surface area contributed by atoms with Crippen molar-refractivity contribution in [2.45, 2.75) is 68.7 Å². The molecule has 3 heterocycles. The molecule has 5 aromatic rings. The molecule has 2 aliphatic heterocycles. The minimum absolute atomic E-state index is 0.171. The van der Waals surface area contributed by atoms with Crippen LogP contribution in [0.15, 0.2) is 127 Å². The molecule has 11 heteroatoms. The van der Waals surface area contributed by atoms with Crippen molar-refractivity contribution in [1.82, 2.24) is 20.7 Å². The first-order chi connectivity index (χ1) is 27.9. The van der Waals surface area contributed by atoms with Crippen LogP contribution in [0.3, 0.4) is 0 Å². The van der Waals surface area contributed by atoms with Gasteiger partial charge in [-0.15, -0.1) is 0 Å². The van der Waals surface area contributed by atoms with Gasteiger partial charge in [0.25, 0.3) is 5.91 Å². The molecule has 0 unspecified atom stereocenters. The van der Waals surface area contributed by atoms with E-state index in [0.29, 0.717) is 35.6 Å². The van der Waals surface area contributed by atoms with Gasteiger partial charge in [-0.1, -0.05) is 91.7 Å². The number of aromatic nitrogens is 1. The zero-order valence-corrected chi connectivity index (χ0v) is 31.9.